The summed E-state index contributed by atoms with van der Waals surface area (Å²) in [7, 11) is -3.99. The third-order valence-corrected chi connectivity index (χ3v) is 6.72. The average molecular weight is 443 g/mol. The van der Waals surface area contributed by atoms with E-state index in [2.05, 4.69) is 5.32 Å². The number of anilines is 1. The van der Waals surface area contributed by atoms with Crippen LogP contribution in [0.25, 0.3) is 0 Å². The number of benzene rings is 3. The van der Waals surface area contributed by atoms with Crippen molar-refractivity contribution in [3.05, 3.63) is 94.5 Å². The van der Waals surface area contributed by atoms with Crippen LogP contribution in [0, 0.1) is 13.8 Å². The molecule has 156 valence electrons. The molecular formula is C23H23ClN2O3S. The molecule has 0 spiro atoms. The smallest absolute Gasteiger partial charge is 0.264 e. The van der Waals surface area contributed by atoms with E-state index in [9.17, 15) is 13.2 Å². The van der Waals surface area contributed by atoms with Gasteiger partial charge in [0, 0.05) is 6.54 Å². The molecule has 1 amide bonds. The van der Waals surface area contributed by atoms with Gasteiger partial charge < -0.3 is 5.32 Å². The predicted octanol–water partition coefficient (Wildman–Crippen LogP) is 4.47. The van der Waals surface area contributed by atoms with Gasteiger partial charge in [0.25, 0.3) is 10.0 Å². The Balaban J connectivity index is 1.86. The zero-order valence-corrected chi connectivity index (χ0v) is 18.4. The first-order valence-electron chi connectivity index (χ1n) is 9.43. The van der Waals surface area contributed by atoms with Crippen molar-refractivity contribution < 1.29 is 13.2 Å². The van der Waals surface area contributed by atoms with Gasteiger partial charge >= 0.3 is 0 Å². The molecule has 0 fully saturated rings. The van der Waals surface area contributed by atoms with E-state index in [0.717, 1.165) is 21.0 Å². The van der Waals surface area contributed by atoms with Gasteiger partial charge in [0.1, 0.15) is 6.54 Å². The normalized spacial score (nSPS) is 11.2. The molecule has 3 rings (SSSR count). The second-order valence-electron chi connectivity index (χ2n) is 7.04. The molecule has 0 aliphatic rings. The number of nitrogens with zero attached hydrogens (tertiary/aromatic N) is 1. The number of halogens is 1. The van der Waals surface area contributed by atoms with Gasteiger partial charge in [-0.05, 0) is 43.7 Å². The minimum absolute atomic E-state index is 0.0966. The van der Waals surface area contributed by atoms with Crippen LogP contribution in [0.2, 0.25) is 5.02 Å². The van der Waals surface area contributed by atoms with Crippen molar-refractivity contribution in [3.8, 4) is 0 Å². The Hall–Kier alpha value is -2.83. The first-order chi connectivity index (χ1) is 14.3. The fourth-order valence-corrected chi connectivity index (χ4v) is 4.61. The van der Waals surface area contributed by atoms with E-state index in [4.69, 9.17) is 11.6 Å². The molecule has 0 atom stereocenters. The number of carbonyl (C=O) groups is 1. The minimum Gasteiger partial charge on any atom is -0.350 e. The van der Waals surface area contributed by atoms with E-state index in [1.165, 1.54) is 12.1 Å². The third-order valence-electron chi connectivity index (χ3n) is 4.63. The Morgan fingerprint density at radius 2 is 1.47 bits per heavy atom. The summed E-state index contributed by atoms with van der Waals surface area (Å²) in [6.07, 6.45) is 0. The van der Waals surface area contributed by atoms with Gasteiger partial charge in [-0.3, -0.25) is 9.10 Å². The second kappa shape index (κ2) is 9.32. The Kier molecular flexibility index (Phi) is 6.80. The zero-order chi connectivity index (χ0) is 21.7. The van der Waals surface area contributed by atoms with Crippen LogP contribution in [0.1, 0.15) is 16.7 Å². The van der Waals surface area contributed by atoms with Crippen LogP contribution in [-0.2, 0) is 21.4 Å². The van der Waals surface area contributed by atoms with Gasteiger partial charge in [0.15, 0.2) is 0 Å². The highest BCUT2D eigenvalue weighted by Crippen LogP contribution is 2.30. The van der Waals surface area contributed by atoms with Crippen molar-refractivity contribution in [1.29, 1.82) is 0 Å². The number of rotatable bonds is 7. The molecule has 30 heavy (non-hydrogen) atoms. The highest BCUT2D eigenvalue weighted by molar-refractivity contribution is 7.92. The number of sulfonamides is 1. The molecule has 0 saturated heterocycles. The molecule has 0 bridgehead atoms. The molecule has 0 aliphatic carbocycles. The van der Waals surface area contributed by atoms with Gasteiger partial charge in [-0.2, -0.15) is 0 Å². The summed E-state index contributed by atoms with van der Waals surface area (Å²) in [4.78, 5) is 12.7. The maximum absolute atomic E-state index is 13.3. The maximum Gasteiger partial charge on any atom is 0.264 e. The van der Waals surface area contributed by atoms with Gasteiger partial charge in [-0.1, -0.05) is 71.3 Å². The SMILES string of the molecule is Cc1ccc(CNC(=O)CN(c2ccccc2Cl)S(=O)(=O)c2ccc(C)cc2)cc1. The summed E-state index contributed by atoms with van der Waals surface area (Å²) in [5.74, 6) is -0.425. The topological polar surface area (TPSA) is 66.5 Å². The highest BCUT2D eigenvalue weighted by atomic mass is 35.5. The summed E-state index contributed by atoms with van der Waals surface area (Å²) in [6.45, 7) is 3.78. The molecule has 0 aliphatic heterocycles. The van der Waals surface area contributed by atoms with E-state index < -0.39 is 15.9 Å². The largest absolute Gasteiger partial charge is 0.350 e. The molecule has 0 heterocycles. The highest BCUT2D eigenvalue weighted by Gasteiger charge is 2.28. The fourth-order valence-electron chi connectivity index (χ4n) is 2.88. The summed E-state index contributed by atoms with van der Waals surface area (Å²) in [5, 5.41) is 3.03. The van der Waals surface area contributed by atoms with Crippen molar-refractivity contribution in [2.75, 3.05) is 10.8 Å². The monoisotopic (exact) mass is 442 g/mol. The summed E-state index contributed by atoms with van der Waals surface area (Å²) in [5.41, 5.74) is 3.25. The Morgan fingerprint density at radius 1 is 0.900 bits per heavy atom. The first kappa shape index (κ1) is 21.9. The van der Waals surface area contributed by atoms with E-state index in [-0.39, 0.29) is 22.2 Å². The molecule has 7 heteroatoms. The lowest BCUT2D eigenvalue weighted by Gasteiger charge is -2.25. The molecule has 0 saturated carbocycles. The van der Waals surface area contributed by atoms with Crippen LogP contribution in [0.5, 0.6) is 0 Å². The van der Waals surface area contributed by atoms with Crippen molar-refractivity contribution in [2.45, 2.75) is 25.3 Å². The van der Waals surface area contributed by atoms with Crippen LogP contribution in [-0.4, -0.2) is 20.9 Å². The van der Waals surface area contributed by atoms with Crippen LogP contribution >= 0.6 is 11.6 Å². The van der Waals surface area contributed by atoms with E-state index >= 15 is 0 Å². The fraction of sp³-hybridized carbons (Fsp3) is 0.174. The first-order valence-corrected chi connectivity index (χ1v) is 11.3. The number of nitrogens with one attached hydrogen (secondary N) is 1. The predicted molar refractivity (Wildman–Crippen MR) is 120 cm³/mol. The quantitative estimate of drug-likeness (QED) is 0.587. The molecule has 3 aromatic carbocycles. The van der Waals surface area contributed by atoms with Gasteiger partial charge in [0.2, 0.25) is 5.91 Å². The number of amides is 1. The molecule has 0 radical (unpaired) electrons. The Bertz CT molecular complexity index is 1130. The standard InChI is InChI=1S/C23H23ClN2O3S/c1-17-7-11-19(12-8-17)15-25-23(27)16-26(22-6-4-3-5-21(22)24)30(28,29)20-13-9-18(2)10-14-20/h3-14H,15-16H2,1-2H3,(H,25,27). The lowest BCUT2D eigenvalue weighted by molar-refractivity contribution is -0.119. The van der Waals surface area contributed by atoms with Gasteiger partial charge in [0.05, 0.1) is 15.6 Å². The van der Waals surface area contributed by atoms with Crippen LogP contribution in [0.15, 0.2) is 77.7 Å². The molecule has 1 N–H and O–H groups in total. The van der Waals surface area contributed by atoms with E-state index in [1.807, 2.05) is 38.1 Å². The van der Waals surface area contributed by atoms with E-state index in [0.29, 0.717) is 6.54 Å². The van der Waals surface area contributed by atoms with Crippen molar-refractivity contribution in [3.63, 3.8) is 0 Å². The second-order valence-corrected chi connectivity index (χ2v) is 9.31. The number of hydrogen-bond donors (Lipinski definition) is 1. The van der Waals surface area contributed by atoms with Crippen molar-refractivity contribution in [2.24, 2.45) is 0 Å². The molecule has 5 nitrogen and oxygen atoms in total. The molecular weight excluding hydrogens is 420 g/mol. The lowest BCUT2D eigenvalue weighted by Crippen LogP contribution is -2.40. The molecule has 3 aromatic rings. The van der Waals surface area contributed by atoms with Crippen molar-refractivity contribution >= 4 is 33.2 Å². The maximum atomic E-state index is 13.3. The molecule has 0 aromatic heterocycles. The van der Waals surface area contributed by atoms with Gasteiger partial charge in [-0.15, -0.1) is 0 Å². The number of carbonyl (C=O) groups excluding carboxylic acids is 1. The lowest BCUT2D eigenvalue weighted by atomic mass is 10.1. The summed E-state index contributed by atoms with van der Waals surface area (Å²) in [6, 6.07) is 20.8. The number of hydrogen-bond acceptors (Lipinski definition) is 3. The van der Waals surface area contributed by atoms with Gasteiger partial charge in [-0.25, -0.2) is 8.42 Å². The summed E-state index contributed by atoms with van der Waals surface area (Å²) < 4.78 is 27.7. The van der Waals surface area contributed by atoms with E-state index in [1.54, 1.807) is 36.4 Å². The zero-order valence-electron chi connectivity index (χ0n) is 16.8. The minimum atomic E-state index is -3.99. The average Bonchev–Trinajstić information content (AvgIpc) is 2.72. The Morgan fingerprint density at radius 3 is 2.07 bits per heavy atom. The molecule has 0 unspecified atom stereocenters. The number of aryl methyl sites for hydroxylation is 2. The van der Waals surface area contributed by atoms with Crippen LogP contribution < -0.4 is 9.62 Å². The summed E-state index contributed by atoms with van der Waals surface area (Å²) >= 11 is 6.27. The van der Waals surface area contributed by atoms with Crippen LogP contribution in [0.3, 0.4) is 0 Å². The van der Waals surface area contributed by atoms with Crippen molar-refractivity contribution in [1.82, 2.24) is 5.32 Å². The third kappa shape index (κ3) is 5.20. The Labute approximate surface area is 182 Å². The van der Waals surface area contributed by atoms with Crippen LogP contribution in [0.4, 0.5) is 5.69 Å². The number of para-hydroxylation sites is 1.